The molecule has 0 saturated carbocycles. The fraction of sp³-hybridized carbons (Fsp3) is 0.533. The average Bonchev–Trinajstić information content (AvgIpc) is 2.41. The summed E-state index contributed by atoms with van der Waals surface area (Å²) in [4.78, 5) is 12.2. The maximum Gasteiger partial charge on any atom is 0.228 e. The first kappa shape index (κ1) is 13.9. The quantitative estimate of drug-likeness (QED) is 0.876. The van der Waals surface area contributed by atoms with Crippen molar-refractivity contribution in [2.45, 2.75) is 32.8 Å². The van der Waals surface area contributed by atoms with Gasteiger partial charge in [-0.1, -0.05) is 12.1 Å². The van der Waals surface area contributed by atoms with Crippen LogP contribution in [0.25, 0.3) is 0 Å². The van der Waals surface area contributed by atoms with E-state index in [1.807, 2.05) is 38.1 Å². The maximum absolute atomic E-state index is 12.2. The summed E-state index contributed by atoms with van der Waals surface area (Å²) in [6.07, 6.45) is 2.10. The Bertz CT molecular complexity index is 426. The summed E-state index contributed by atoms with van der Waals surface area (Å²) in [5, 5.41) is 6.24. The molecule has 0 spiro atoms. The minimum absolute atomic E-state index is 0.0563. The second-order valence-electron chi connectivity index (χ2n) is 5.20. The lowest BCUT2D eigenvalue weighted by Gasteiger charge is -2.22. The molecule has 1 aliphatic heterocycles. The highest BCUT2D eigenvalue weighted by molar-refractivity contribution is 5.94. The molecule has 0 radical (unpaired) electrons. The van der Waals surface area contributed by atoms with Gasteiger partial charge in [0, 0.05) is 6.54 Å². The van der Waals surface area contributed by atoms with Crippen LogP contribution in [0.1, 0.15) is 26.7 Å². The molecule has 0 unspecified atom stereocenters. The fourth-order valence-electron chi connectivity index (χ4n) is 2.24. The van der Waals surface area contributed by atoms with Crippen molar-refractivity contribution in [3.63, 3.8) is 0 Å². The van der Waals surface area contributed by atoms with E-state index in [-0.39, 0.29) is 17.9 Å². The molecule has 0 bridgehead atoms. The third-order valence-corrected chi connectivity index (χ3v) is 3.18. The monoisotopic (exact) mass is 262 g/mol. The molecule has 2 rings (SSSR count). The van der Waals surface area contributed by atoms with E-state index in [1.165, 1.54) is 0 Å². The van der Waals surface area contributed by atoms with Gasteiger partial charge in [-0.05, 0) is 45.4 Å². The fourth-order valence-corrected chi connectivity index (χ4v) is 2.24. The van der Waals surface area contributed by atoms with Gasteiger partial charge in [0.25, 0.3) is 0 Å². The molecule has 4 heteroatoms. The number of carbonyl (C=O) groups is 1. The van der Waals surface area contributed by atoms with Crippen LogP contribution in [0.4, 0.5) is 5.69 Å². The third-order valence-electron chi connectivity index (χ3n) is 3.18. The van der Waals surface area contributed by atoms with Gasteiger partial charge >= 0.3 is 0 Å². The van der Waals surface area contributed by atoms with Crippen molar-refractivity contribution < 1.29 is 9.53 Å². The van der Waals surface area contributed by atoms with Crippen molar-refractivity contribution in [3.05, 3.63) is 24.3 Å². The Hall–Kier alpha value is -1.55. The predicted molar refractivity (Wildman–Crippen MR) is 76.4 cm³/mol. The van der Waals surface area contributed by atoms with Gasteiger partial charge in [0.15, 0.2) is 0 Å². The smallest absolute Gasteiger partial charge is 0.228 e. The molecule has 1 saturated heterocycles. The molecule has 1 heterocycles. The summed E-state index contributed by atoms with van der Waals surface area (Å²) in [5.41, 5.74) is 0.756. The largest absolute Gasteiger partial charge is 0.489 e. The molecule has 1 aromatic carbocycles. The zero-order chi connectivity index (χ0) is 13.7. The molecule has 0 aromatic heterocycles. The van der Waals surface area contributed by atoms with Crippen LogP contribution in [-0.4, -0.2) is 25.1 Å². The van der Waals surface area contributed by atoms with Crippen molar-refractivity contribution >= 4 is 11.6 Å². The van der Waals surface area contributed by atoms with Crippen molar-refractivity contribution in [3.8, 4) is 5.75 Å². The lowest BCUT2D eigenvalue weighted by Crippen LogP contribution is -2.37. The Morgan fingerprint density at radius 1 is 1.42 bits per heavy atom. The van der Waals surface area contributed by atoms with E-state index in [4.69, 9.17) is 4.74 Å². The number of carbonyl (C=O) groups excluding carboxylic acids is 1. The van der Waals surface area contributed by atoms with Crippen molar-refractivity contribution in [2.24, 2.45) is 5.92 Å². The van der Waals surface area contributed by atoms with Gasteiger partial charge in [-0.3, -0.25) is 4.79 Å². The topological polar surface area (TPSA) is 50.4 Å². The summed E-state index contributed by atoms with van der Waals surface area (Å²) in [6.45, 7) is 5.73. The number of anilines is 1. The highest BCUT2D eigenvalue weighted by atomic mass is 16.5. The highest BCUT2D eigenvalue weighted by Gasteiger charge is 2.21. The molecule has 1 fully saturated rings. The van der Waals surface area contributed by atoms with Crippen LogP contribution in [0.3, 0.4) is 0 Å². The number of benzene rings is 1. The van der Waals surface area contributed by atoms with Crippen LogP contribution in [-0.2, 0) is 4.79 Å². The van der Waals surface area contributed by atoms with Crippen LogP contribution in [0.5, 0.6) is 5.75 Å². The van der Waals surface area contributed by atoms with Gasteiger partial charge in [0.05, 0.1) is 17.7 Å². The first-order chi connectivity index (χ1) is 9.16. The summed E-state index contributed by atoms with van der Waals surface area (Å²) in [5.74, 6) is 0.863. The highest BCUT2D eigenvalue weighted by Crippen LogP contribution is 2.26. The zero-order valence-electron chi connectivity index (χ0n) is 11.6. The average molecular weight is 262 g/mol. The lowest BCUT2D eigenvalue weighted by molar-refractivity contribution is -0.120. The molecular weight excluding hydrogens is 240 g/mol. The second kappa shape index (κ2) is 6.57. The summed E-state index contributed by atoms with van der Waals surface area (Å²) < 4.78 is 5.70. The van der Waals surface area contributed by atoms with Crippen molar-refractivity contribution in [1.29, 1.82) is 0 Å². The summed E-state index contributed by atoms with van der Waals surface area (Å²) in [6, 6.07) is 7.58. The summed E-state index contributed by atoms with van der Waals surface area (Å²) >= 11 is 0. The Balaban J connectivity index is 2.03. The Kier molecular flexibility index (Phi) is 4.80. The number of para-hydroxylation sites is 2. The summed E-state index contributed by atoms with van der Waals surface area (Å²) in [7, 11) is 0. The Labute approximate surface area is 114 Å². The number of hydrogen-bond donors (Lipinski definition) is 2. The number of ether oxygens (including phenoxy) is 1. The standard InChI is InChI=1S/C15H22N2O2/c1-11(2)19-14-8-4-3-7-13(14)17-15(18)12-6-5-9-16-10-12/h3-4,7-8,11-12,16H,5-6,9-10H2,1-2H3,(H,17,18)/t12-/m0/s1. The lowest BCUT2D eigenvalue weighted by atomic mass is 9.99. The van der Waals surface area contributed by atoms with Crippen LogP contribution >= 0.6 is 0 Å². The van der Waals surface area contributed by atoms with E-state index in [0.29, 0.717) is 0 Å². The molecule has 1 atom stereocenters. The molecule has 1 aliphatic rings. The first-order valence-corrected chi connectivity index (χ1v) is 6.94. The number of piperidine rings is 1. The van der Waals surface area contributed by atoms with Gasteiger partial charge in [0.2, 0.25) is 5.91 Å². The molecule has 4 nitrogen and oxygen atoms in total. The number of amides is 1. The van der Waals surface area contributed by atoms with E-state index < -0.39 is 0 Å². The van der Waals surface area contributed by atoms with Crippen molar-refractivity contribution in [2.75, 3.05) is 18.4 Å². The molecule has 104 valence electrons. The minimum Gasteiger partial charge on any atom is -0.489 e. The SMILES string of the molecule is CC(C)Oc1ccccc1NC(=O)[C@H]1CCCNC1. The number of rotatable bonds is 4. The van der Waals surface area contributed by atoms with Crippen LogP contribution in [0.15, 0.2) is 24.3 Å². The normalized spacial score (nSPS) is 19.2. The molecular formula is C15H22N2O2. The second-order valence-corrected chi connectivity index (χ2v) is 5.20. The van der Waals surface area contributed by atoms with Crippen LogP contribution in [0, 0.1) is 5.92 Å². The van der Waals surface area contributed by atoms with E-state index in [2.05, 4.69) is 10.6 Å². The van der Waals surface area contributed by atoms with Gasteiger partial charge in [-0.15, -0.1) is 0 Å². The molecule has 1 amide bonds. The van der Waals surface area contributed by atoms with Crippen LogP contribution < -0.4 is 15.4 Å². The van der Waals surface area contributed by atoms with Gasteiger partial charge < -0.3 is 15.4 Å². The minimum atomic E-state index is 0.0563. The predicted octanol–water partition coefficient (Wildman–Crippen LogP) is 2.41. The number of nitrogens with one attached hydrogen (secondary N) is 2. The Morgan fingerprint density at radius 3 is 2.89 bits per heavy atom. The van der Waals surface area contributed by atoms with E-state index in [1.54, 1.807) is 0 Å². The maximum atomic E-state index is 12.2. The zero-order valence-corrected chi connectivity index (χ0v) is 11.6. The molecule has 1 aromatic rings. The third kappa shape index (κ3) is 3.96. The molecule has 0 aliphatic carbocycles. The molecule has 2 N–H and O–H groups in total. The van der Waals surface area contributed by atoms with Gasteiger partial charge in [-0.2, -0.15) is 0 Å². The van der Waals surface area contributed by atoms with Crippen LogP contribution in [0.2, 0.25) is 0 Å². The first-order valence-electron chi connectivity index (χ1n) is 6.94. The van der Waals surface area contributed by atoms with Gasteiger partial charge in [-0.25, -0.2) is 0 Å². The van der Waals surface area contributed by atoms with E-state index in [0.717, 1.165) is 37.4 Å². The molecule has 19 heavy (non-hydrogen) atoms. The van der Waals surface area contributed by atoms with E-state index >= 15 is 0 Å². The van der Waals surface area contributed by atoms with Gasteiger partial charge in [0.1, 0.15) is 5.75 Å². The van der Waals surface area contributed by atoms with E-state index in [9.17, 15) is 4.79 Å². The Morgan fingerprint density at radius 2 is 2.21 bits per heavy atom. The van der Waals surface area contributed by atoms with Crippen molar-refractivity contribution in [1.82, 2.24) is 5.32 Å². The number of hydrogen-bond acceptors (Lipinski definition) is 3.